The Labute approximate surface area is 117 Å². The second-order valence-electron chi connectivity index (χ2n) is 4.67. The SMILES string of the molecule is CCn1cc(CC(CBr)c2ccc(C)cc2)cn1. The van der Waals surface area contributed by atoms with Crippen LogP contribution in [0.3, 0.4) is 0 Å². The van der Waals surface area contributed by atoms with Crippen molar-refractivity contribution in [3.8, 4) is 0 Å². The number of rotatable bonds is 5. The Morgan fingerprint density at radius 2 is 2.00 bits per heavy atom. The molecule has 0 aliphatic rings. The number of hydrogen-bond acceptors (Lipinski definition) is 1. The fraction of sp³-hybridized carbons (Fsp3) is 0.400. The summed E-state index contributed by atoms with van der Waals surface area (Å²) in [5.74, 6) is 0.514. The van der Waals surface area contributed by atoms with Crippen molar-refractivity contribution in [1.29, 1.82) is 0 Å². The largest absolute Gasteiger partial charge is 0.273 e. The van der Waals surface area contributed by atoms with Gasteiger partial charge in [-0.25, -0.2) is 0 Å². The number of benzene rings is 1. The number of nitrogens with zero attached hydrogens (tertiary/aromatic N) is 2. The molecule has 0 spiro atoms. The summed E-state index contributed by atoms with van der Waals surface area (Å²) in [6.45, 7) is 5.17. The lowest BCUT2D eigenvalue weighted by atomic mass is 9.94. The molecule has 1 aromatic carbocycles. The monoisotopic (exact) mass is 306 g/mol. The van der Waals surface area contributed by atoms with Crippen LogP contribution in [0, 0.1) is 6.92 Å². The molecular weight excluding hydrogens is 288 g/mol. The van der Waals surface area contributed by atoms with E-state index in [2.05, 4.69) is 65.3 Å². The van der Waals surface area contributed by atoms with Crippen molar-refractivity contribution in [2.75, 3.05) is 5.33 Å². The van der Waals surface area contributed by atoms with E-state index in [1.807, 2.05) is 10.9 Å². The quantitative estimate of drug-likeness (QED) is 0.765. The maximum Gasteiger partial charge on any atom is 0.0521 e. The van der Waals surface area contributed by atoms with E-state index in [0.717, 1.165) is 18.3 Å². The van der Waals surface area contributed by atoms with Gasteiger partial charge in [0.1, 0.15) is 0 Å². The second kappa shape index (κ2) is 6.19. The van der Waals surface area contributed by atoms with Gasteiger partial charge in [-0.05, 0) is 37.3 Å². The van der Waals surface area contributed by atoms with Gasteiger partial charge in [-0.15, -0.1) is 0 Å². The normalized spacial score (nSPS) is 12.6. The van der Waals surface area contributed by atoms with Gasteiger partial charge in [-0.1, -0.05) is 45.8 Å². The third-order valence-electron chi connectivity index (χ3n) is 3.23. The summed E-state index contributed by atoms with van der Waals surface area (Å²) < 4.78 is 1.98. The van der Waals surface area contributed by atoms with Gasteiger partial charge in [0.15, 0.2) is 0 Å². The predicted octanol–water partition coefficient (Wildman–Crippen LogP) is 3.93. The summed E-state index contributed by atoms with van der Waals surface area (Å²) in [5.41, 5.74) is 4.01. The summed E-state index contributed by atoms with van der Waals surface area (Å²) in [6, 6.07) is 8.82. The fourth-order valence-electron chi connectivity index (χ4n) is 2.07. The average Bonchev–Trinajstić information content (AvgIpc) is 2.85. The Balaban J connectivity index is 2.11. The molecule has 18 heavy (non-hydrogen) atoms. The molecule has 1 heterocycles. The first kappa shape index (κ1) is 13.3. The van der Waals surface area contributed by atoms with Crippen molar-refractivity contribution < 1.29 is 0 Å². The molecule has 2 rings (SSSR count). The molecule has 1 unspecified atom stereocenters. The van der Waals surface area contributed by atoms with Crippen LogP contribution in [0.25, 0.3) is 0 Å². The van der Waals surface area contributed by atoms with Gasteiger partial charge in [0, 0.05) is 18.1 Å². The zero-order chi connectivity index (χ0) is 13.0. The molecule has 0 N–H and O–H groups in total. The summed E-state index contributed by atoms with van der Waals surface area (Å²) in [7, 11) is 0. The number of aryl methyl sites for hydroxylation is 2. The van der Waals surface area contributed by atoms with Crippen LogP contribution >= 0.6 is 15.9 Å². The van der Waals surface area contributed by atoms with Crippen LogP contribution in [0.1, 0.15) is 29.5 Å². The lowest BCUT2D eigenvalue weighted by Crippen LogP contribution is -2.04. The van der Waals surface area contributed by atoms with E-state index < -0.39 is 0 Å². The van der Waals surface area contributed by atoms with Crippen LogP contribution in [-0.4, -0.2) is 15.1 Å². The Hall–Kier alpha value is -1.09. The van der Waals surface area contributed by atoms with Crippen LogP contribution in [0.15, 0.2) is 36.7 Å². The summed E-state index contributed by atoms with van der Waals surface area (Å²) >= 11 is 3.63. The van der Waals surface area contributed by atoms with Crippen molar-refractivity contribution in [3.63, 3.8) is 0 Å². The van der Waals surface area contributed by atoms with Crippen LogP contribution < -0.4 is 0 Å². The molecule has 0 saturated carbocycles. The van der Waals surface area contributed by atoms with E-state index in [-0.39, 0.29) is 0 Å². The molecule has 0 fully saturated rings. The third kappa shape index (κ3) is 3.22. The summed E-state index contributed by atoms with van der Waals surface area (Å²) in [4.78, 5) is 0. The zero-order valence-corrected chi connectivity index (χ0v) is 12.5. The van der Waals surface area contributed by atoms with Gasteiger partial charge in [-0.2, -0.15) is 5.10 Å². The second-order valence-corrected chi connectivity index (χ2v) is 5.32. The topological polar surface area (TPSA) is 17.8 Å². The molecule has 0 saturated heterocycles. The van der Waals surface area contributed by atoms with E-state index in [9.17, 15) is 0 Å². The number of hydrogen-bond donors (Lipinski definition) is 0. The van der Waals surface area contributed by atoms with Crippen LogP contribution in [0.2, 0.25) is 0 Å². The first-order chi connectivity index (χ1) is 8.72. The van der Waals surface area contributed by atoms with Gasteiger partial charge < -0.3 is 0 Å². The van der Waals surface area contributed by atoms with Crippen molar-refractivity contribution >= 4 is 15.9 Å². The van der Waals surface area contributed by atoms with E-state index in [4.69, 9.17) is 0 Å². The van der Waals surface area contributed by atoms with Gasteiger partial charge in [-0.3, -0.25) is 4.68 Å². The molecule has 0 radical (unpaired) electrons. The molecule has 3 heteroatoms. The van der Waals surface area contributed by atoms with E-state index in [1.165, 1.54) is 16.7 Å². The Bertz CT molecular complexity index is 487. The van der Waals surface area contributed by atoms with Crippen LogP contribution in [0.4, 0.5) is 0 Å². The van der Waals surface area contributed by atoms with Gasteiger partial charge in [0.05, 0.1) is 6.20 Å². The lowest BCUT2D eigenvalue weighted by molar-refractivity contribution is 0.658. The summed E-state index contributed by atoms with van der Waals surface area (Å²) in [5, 5.41) is 5.31. The molecule has 96 valence electrons. The average molecular weight is 307 g/mol. The lowest BCUT2D eigenvalue weighted by Gasteiger charge is -2.13. The van der Waals surface area contributed by atoms with E-state index in [0.29, 0.717) is 5.92 Å². The molecule has 2 nitrogen and oxygen atoms in total. The predicted molar refractivity (Wildman–Crippen MR) is 79.3 cm³/mol. The highest BCUT2D eigenvalue weighted by atomic mass is 79.9. The Morgan fingerprint density at radius 3 is 2.56 bits per heavy atom. The van der Waals surface area contributed by atoms with Crippen molar-refractivity contribution in [2.24, 2.45) is 0 Å². The molecule has 1 atom stereocenters. The number of aromatic nitrogens is 2. The number of alkyl halides is 1. The molecule has 0 aliphatic heterocycles. The van der Waals surface area contributed by atoms with E-state index >= 15 is 0 Å². The highest BCUT2D eigenvalue weighted by Crippen LogP contribution is 2.23. The van der Waals surface area contributed by atoms with E-state index in [1.54, 1.807) is 0 Å². The van der Waals surface area contributed by atoms with Crippen molar-refractivity contribution in [1.82, 2.24) is 9.78 Å². The highest BCUT2D eigenvalue weighted by molar-refractivity contribution is 9.09. The van der Waals surface area contributed by atoms with Crippen LogP contribution in [-0.2, 0) is 13.0 Å². The minimum absolute atomic E-state index is 0.514. The minimum Gasteiger partial charge on any atom is -0.273 e. The maximum atomic E-state index is 4.33. The Morgan fingerprint density at radius 1 is 1.28 bits per heavy atom. The van der Waals surface area contributed by atoms with Gasteiger partial charge in [0.2, 0.25) is 0 Å². The minimum atomic E-state index is 0.514. The van der Waals surface area contributed by atoms with Gasteiger partial charge >= 0.3 is 0 Å². The highest BCUT2D eigenvalue weighted by Gasteiger charge is 2.12. The number of halogens is 1. The molecule has 0 amide bonds. The van der Waals surface area contributed by atoms with Gasteiger partial charge in [0.25, 0.3) is 0 Å². The third-order valence-corrected chi connectivity index (χ3v) is 4.01. The molecule has 2 aromatic rings. The standard InChI is InChI=1S/C15H19BrN2/c1-3-18-11-13(10-17-18)8-15(9-16)14-6-4-12(2)5-7-14/h4-7,10-11,15H,3,8-9H2,1-2H3. The first-order valence-electron chi connectivity index (χ1n) is 6.36. The molecule has 1 aromatic heterocycles. The summed E-state index contributed by atoms with van der Waals surface area (Å²) in [6.07, 6.45) is 5.16. The molecular formula is C15H19BrN2. The van der Waals surface area contributed by atoms with Crippen molar-refractivity contribution in [3.05, 3.63) is 53.3 Å². The van der Waals surface area contributed by atoms with Crippen LogP contribution in [0.5, 0.6) is 0 Å². The smallest absolute Gasteiger partial charge is 0.0521 e. The fourth-order valence-corrected chi connectivity index (χ4v) is 2.67. The van der Waals surface area contributed by atoms with Crippen molar-refractivity contribution in [2.45, 2.75) is 32.7 Å². The molecule has 0 aliphatic carbocycles. The molecule has 0 bridgehead atoms. The zero-order valence-electron chi connectivity index (χ0n) is 10.9. The Kier molecular flexibility index (Phi) is 4.59. The first-order valence-corrected chi connectivity index (χ1v) is 7.49. The maximum absolute atomic E-state index is 4.33.